The summed E-state index contributed by atoms with van der Waals surface area (Å²) in [7, 11) is 1.86. The van der Waals surface area contributed by atoms with Crippen LogP contribution in [-0.4, -0.2) is 61.3 Å². The van der Waals surface area contributed by atoms with E-state index in [-0.39, 0.29) is 5.91 Å². The highest BCUT2D eigenvalue weighted by Crippen LogP contribution is 2.23. The summed E-state index contributed by atoms with van der Waals surface area (Å²) >= 11 is 0. The van der Waals surface area contributed by atoms with Gasteiger partial charge in [-0.1, -0.05) is 11.3 Å². The van der Waals surface area contributed by atoms with E-state index in [0.717, 1.165) is 42.5 Å². The highest BCUT2D eigenvalue weighted by Gasteiger charge is 2.24. The maximum Gasteiger partial charge on any atom is 0.251 e. The molecule has 0 radical (unpaired) electrons. The average molecular weight is 422 g/mol. The van der Waals surface area contributed by atoms with Crippen molar-refractivity contribution in [2.45, 2.75) is 26.3 Å². The number of fused-ring (bicyclic) bond motifs is 1. The lowest BCUT2D eigenvalue weighted by Gasteiger charge is -2.34. The van der Waals surface area contributed by atoms with Gasteiger partial charge in [0.25, 0.3) is 5.91 Å². The summed E-state index contributed by atoms with van der Waals surface area (Å²) in [4.78, 5) is 36.0. The molecule has 0 spiro atoms. The van der Waals surface area contributed by atoms with Crippen LogP contribution in [0.1, 0.15) is 35.7 Å². The van der Waals surface area contributed by atoms with Gasteiger partial charge in [0.15, 0.2) is 0 Å². The summed E-state index contributed by atoms with van der Waals surface area (Å²) in [6, 6.07) is 6.01. The van der Waals surface area contributed by atoms with E-state index >= 15 is 0 Å². The van der Waals surface area contributed by atoms with Gasteiger partial charge in [-0.15, -0.1) is 5.10 Å². The first kappa shape index (κ1) is 20.7. The molecule has 10 heteroatoms. The molecule has 2 amide bonds. The standard InChI is InChI=1S/C21H26N8O2/c1-14(30)29(13-16-3-4-19-18(9-16)25-26-27(19)2)12-15-5-7-28(8-6-15)21-23-10-17(11-24-21)20(22)31/h3-4,9-11,15H,5-8,12-13H2,1-2H3,(H2,22,31). The second-order valence-corrected chi connectivity index (χ2v) is 8.00. The number of carbonyl (C=O) groups is 2. The Morgan fingerprint density at radius 1 is 1.19 bits per heavy atom. The molecular weight excluding hydrogens is 396 g/mol. The minimum atomic E-state index is -0.534. The number of nitrogens with two attached hydrogens (primary N) is 1. The predicted octanol–water partition coefficient (Wildman–Crippen LogP) is 1.12. The van der Waals surface area contributed by atoms with Crippen LogP contribution in [0.15, 0.2) is 30.6 Å². The first-order valence-electron chi connectivity index (χ1n) is 10.3. The van der Waals surface area contributed by atoms with Crippen LogP contribution in [-0.2, 0) is 18.4 Å². The topological polar surface area (TPSA) is 123 Å². The second kappa shape index (κ2) is 8.66. The van der Waals surface area contributed by atoms with Crippen molar-refractivity contribution in [3.63, 3.8) is 0 Å². The molecule has 0 bridgehead atoms. The second-order valence-electron chi connectivity index (χ2n) is 8.00. The summed E-state index contributed by atoms with van der Waals surface area (Å²) in [6.07, 6.45) is 4.80. The summed E-state index contributed by atoms with van der Waals surface area (Å²) in [5.74, 6) is 0.537. The Bertz CT molecular complexity index is 1090. The van der Waals surface area contributed by atoms with Gasteiger partial charge in [-0.05, 0) is 36.5 Å². The molecule has 1 fully saturated rings. The van der Waals surface area contributed by atoms with Gasteiger partial charge >= 0.3 is 0 Å². The fourth-order valence-electron chi connectivity index (χ4n) is 3.95. The zero-order valence-corrected chi connectivity index (χ0v) is 17.7. The van der Waals surface area contributed by atoms with Crippen molar-refractivity contribution in [2.75, 3.05) is 24.5 Å². The van der Waals surface area contributed by atoms with E-state index in [1.54, 1.807) is 11.6 Å². The molecule has 0 unspecified atom stereocenters. The van der Waals surface area contributed by atoms with Crippen molar-refractivity contribution in [2.24, 2.45) is 18.7 Å². The van der Waals surface area contributed by atoms with Crippen molar-refractivity contribution in [3.8, 4) is 0 Å². The molecule has 2 N–H and O–H groups in total. The molecule has 3 aromatic rings. The van der Waals surface area contributed by atoms with Crippen LogP contribution in [0.5, 0.6) is 0 Å². The lowest BCUT2D eigenvalue weighted by atomic mass is 9.96. The van der Waals surface area contributed by atoms with Crippen LogP contribution in [0.4, 0.5) is 5.95 Å². The zero-order chi connectivity index (χ0) is 22.0. The number of benzene rings is 1. The average Bonchev–Trinajstić information content (AvgIpc) is 3.14. The highest BCUT2D eigenvalue weighted by molar-refractivity contribution is 5.92. The molecule has 4 rings (SSSR count). The van der Waals surface area contributed by atoms with E-state index < -0.39 is 5.91 Å². The smallest absolute Gasteiger partial charge is 0.251 e. The quantitative estimate of drug-likeness (QED) is 0.631. The van der Waals surface area contributed by atoms with E-state index in [1.165, 1.54) is 12.4 Å². The molecule has 10 nitrogen and oxygen atoms in total. The van der Waals surface area contributed by atoms with Crippen LogP contribution < -0.4 is 10.6 Å². The highest BCUT2D eigenvalue weighted by atomic mass is 16.2. The number of amides is 2. The van der Waals surface area contributed by atoms with Crippen LogP contribution in [0.25, 0.3) is 11.0 Å². The van der Waals surface area contributed by atoms with Crippen molar-refractivity contribution < 1.29 is 9.59 Å². The lowest BCUT2D eigenvalue weighted by molar-refractivity contribution is -0.130. The molecule has 0 saturated carbocycles. The summed E-state index contributed by atoms with van der Waals surface area (Å²) in [5.41, 5.74) is 8.39. The molecule has 0 aliphatic carbocycles. The molecule has 162 valence electrons. The molecule has 31 heavy (non-hydrogen) atoms. The van der Waals surface area contributed by atoms with E-state index in [1.807, 2.05) is 30.1 Å². The van der Waals surface area contributed by atoms with Gasteiger partial charge in [-0.2, -0.15) is 0 Å². The molecule has 0 atom stereocenters. The van der Waals surface area contributed by atoms with E-state index in [4.69, 9.17) is 5.73 Å². The Labute approximate surface area is 180 Å². The van der Waals surface area contributed by atoms with Crippen molar-refractivity contribution >= 4 is 28.8 Å². The van der Waals surface area contributed by atoms with E-state index in [0.29, 0.717) is 30.5 Å². The minimum absolute atomic E-state index is 0.0621. The molecule has 1 saturated heterocycles. The molecule has 1 aliphatic heterocycles. The van der Waals surface area contributed by atoms with Gasteiger partial charge in [-0.3, -0.25) is 9.59 Å². The number of nitrogens with zero attached hydrogens (tertiary/aromatic N) is 7. The van der Waals surface area contributed by atoms with Crippen molar-refractivity contribution in [1.29, 1.82) is 0 Å². The summed E-state index contributed by atoms with van der Waals surface area (Å²) in [5, 5.41) is 8.20. The number of piperidine rings is 1. The SMILES string of the molecule is CC(=O)N(Cc1ccc2c(c1)nnn2C)CC1CCN(c2ncc(C(N)=O)cn2)CC1. The number of carbonyl (C=O) groups excluding carboxylic acids is 2. The third-order valence-electron chi connectivity index (χ3n) is 5.79. The van der Waals surface area contributed by atoms with Gasteiger partial charge < -0.3 is 15.5 Å². The molecule has 1 aromatic carbocycles. The Hall–Kier alpha value is -3.56. The number of aromatic nitrogens is 5. The van der Waals surface area contributed by atoms with Crippen molar-refractivity contribution in [3.05, 3.63) is 41.7 Å². The number of aryl methyl sites for hydroxylation is 1. The zero-order valence-electron chi connectivity index (χ0n) is 17.7. The van der Waals surface area contributed by atoms with Gasteiger partial charge in [0.05, 0.1) is 11.1 Å². The number of rotatable bonds is 6. The van der Waals surface area contributed by atoms with Crippen LogP contribution in [0.3, 0.4) is 0 Å². The Morgan fingerprint density at radius 2 is 1.90 bits per heavy atom. The predicted molar refractivity (Wildman–Crippen MR) is 115 cm³/mol. The minimum Gasteiger partial charge on any atom is -0.366 e. The third kappa shape index (κ3) is 4.62. The largest absolute Gasteiger partial charge is 0.366 e. The fraction of sp³-hybridized carbons (Fsp3) is 0.429. The normalized spacial score (nSPS) is 14.7. The van der Waals surface area contributed by atoms with Gasteiger partial charge in [-0.25, -0.2) is 14.6 Å². The Balaban J connectivity index is 1.35. The molecule has 2 aromatic heterocycles. The van der Waals surface area contributed by atoms with E-state index in [9.17, 15) is 9.59 Å². The monoisotopic (exact) mass is 422 g/mol. The maximum absolute atomic E-state index is 12.3. The summed E-state index contributed by atoms with van der Waals surface area (Å²) < 4.78 is 1.74. The van der Waals surface area contributed by atoms with Crippen LogP contribution in [0.2, 0.25) is 0 Å². The first-order valence-corrected chi connectivity index (χ1v) is 10.3. The number of primary amides is 1. The van der Waals surface area contributed by atoms with Gasteiger partial charge in [0, 0.05) is 52.5 Å². The number of hydrogen-bond acceptors (Lipinski definition) is 7. The van der Waals surface area contributed by atoms with Crippen LogP contribution >= 0.6 is 0 Å². The fourth-order valence-corrected chi connectivity index (χ4v) is 3.95. The lowest BCUT2D eigenvalue weighted by Crippen LogP contribution is -2.40. The first-order chi connectivity index (χ1) is 14.9. The van der Waals surface area contributed by atoms with Gasteiger partial charge in [0.2, 0.25) is 11.9 Å². The third-order valence-corrected chi connectivity index (χ3v) is 5.79. The Kier molecular flexibility index (Phi) is 5.79. The number of anilines is 1. The maximum atomic E-state index is 12.3. The number of hydrogen-bond donors (Lipinski definition) is 1. The van der Waals surface area contributed by atoms with Gasteiger partial charge in [0.1, 0.15) is 5.52 Å². The van der Waals surface area contributed by atoms with Crippen molar-refractivity contribution in [1.82, 2.24) is 29.9 Å². The summed E-state index contributed by atoms with van der Waals surface area (Å²) in [6.45, 7) is 4.49. The van der Waals surface area contributed by atoms with E-state index in [2.05, 4.69) is 25.2 Å². The molecular formula is C21H26N8O2. The van der Waals surface area contributed by atoms with Crippen LogP contribution in [0, 0.1) is 5.92 Å². The molecule has 1 aliphatic rings. The molecule has 3 heterocycles. The Morgan fingerprint density at radius 3 is 2.55 bits per heavy atom.